The molecule has 0 atom stereocenters. The number of benzene rings is 2. The number of anilines is 1. The van der Waals surface area contributed by atoms with Crippen LogP contribution in [0, 0.1) is 0 Å². The van der Waals surface area contributed by atoms with E-state index in [0.717, 1.165) is 24.4 Å². The Kier molecular flexibility index (Phi) is 4.86. The molecule has 1 nitrogen and oxygen atoms in total. The summed E-state index contributed by atoms with van der Waals surface area (Å²) < 4.78 is 0. The zero-order chi connectivity index (χ0) is 13.7. The summed E-state index contributed by atoms with van der Waals surface area (Å²) in [5.74, 6) is 0. The Morgan fingerprint density at radius 1 is 0.947 bits per heavy atom. The Morgan fingerprint density at radius 3 is 2.16 bits per heavy atom. The summed E-state index contributed by atoms with van der Waals surface area (Å²) in [6.45, 7) is 5.20. The number of rotatable bonds is 5. The number of halogens is 1. The molecule has 2 aromatic rings. The minimum absolute atomic E-state index is 0.791. The van der Waals surface area contributed by atoms with Crippen LogP contribution in [0.3, 0.4) is 0 Å². The van der Waals surface area contributed by atoms with Gasteiger partial charge in [0, 0.05) is 17.3 Å². The molecule has 0 fully saturated rings. The fourth-order valence-electron chi connectivity index (χ4n) is 2.31. The van der Waals surface area contributed by atoms with E-state index in [1.165, 1.54) is 22.4 Å². The molecule has 0 heterocycles. The maximum absolute atomic E-state index is 6.02. The van der Waals surface area contributed by atoms with Crippen molar-refractivity contribution in [2.75, 3.05) is 5.32 Å². The molecule has 2 heteroatoms. The lowest BCUT2D eigenvalue weighted by molar-refractivity contribution is 1.05. The van der Waals surface area contributed by atoms with Gasteiger partial charge in [0.2, 0.25) is 0 Å². The first-order chi connectivity index (χ1) is 9.24. The fourth-order valence-corrected chi connectivity index (χ4v) is 2.52. The third kappa shape index (κ3) is 3.51. The molecule has 0 bridgehead atoms. The molecule has 0 aliphatic rings. The molecule has 2 rings (SSSR count). The Bertz CT molecular complexity index is 526. The fraction of sp³-hybridized carbons (Fsp3) is 0.294. The SMILES string of the molecule is CCc1cccc(CC)c1NCc1cccc(Cl)c1. The van der Waals surface area contributed by atoms with Gasteiger partial charge in [0.05, 0.1) is 0 Å². The van der Waals surface area contributed by atoms with E-state index in [2.05, 4.69) is 43.4 Å². The number of hydrogen-bond donors (Lipinski definition) is 1. The van der Waals surface area contributed by atoms with Gasteiger partial charge in [-0.15, -0.1) is 0 Å². The molecule has 0 radical (unpaired) electrons. The zero-order valence-electron chi connectivity index (χ0n) is 11.5. The van der Waals surface area contributed by atoms with Crippen molar-refractivity contribution >= 4 is 17.3 Å². The molecule has 1 N–H and O–H groups in total. The smallest absolute Gasteiger partial charge is 0.0409 e. The Balaban J connectivity index is 2.19. The minimum Gasteiger partial charge on any atom is -0.381 e. The highest BCUT2D eigenvalue weighted by Crippen LogP contribution is 2.23. The Hall–Kier alpha value is -1.47. The number of aryl methyl sites for hydroxylation is 2. The molecule has 0 saturated heterocycles. The van der Waals surface area contributed by atoms with Crippen molar-refractivity contribution in [2.24, 2.45) is 0 Å². The third-order valence-electron chi connectivity index (χ3n) is 3.36. The van der Waals surface area contributed by atoms with E-state index in [-0.39, 0.29) is 0 Å². The first-order valence-corrected chi connectivity index (χ1v) is 7.21. The minimum atomic E-state index is 0.791. The normalized spacial score (nSPS) is 10.5. The van der Waals surface area contributed by atoms with Gasteiger partial charge in [-0.05, 0) is 41.7 Å². The van der Waals surface area contributed by atoms with Crippen molar-refractivity contribution in [2.45, 2.75) is 33.2 Å². The van der Waals surface area contributed by atoms with Crippen molar-refractivity contribution in [3.05, 3.63) is 64.2 Å². The summed E-state index contributed by atoms with van der Waals surface area (Å²) in [7, 11) is 0. The van der Waals surface area contributed by atoms with Gasteiger partial charge in [0.25, 0.3) is 0 Å². The summed E-state index contributed by atoms with van der Waals surface area (Å²) in [5.41, 5.74) is 5.25. The molecule has 19 heavy (non-hydrogen) atoms. The largest absolute Gasteiger partial charge is 0.381 e. The van der Waals surface area contributed by atoms with E-state index in [9.17, 15) is 0 Å². The average Bonchev–Trinajstić information content (AvgIpc) is 2.44. The molecular weight excluding hydrogens is 254 g/mol. The molecule has 0 spiro atoms. The summed E-state index contributed by atoms with van der Waals surface area (Å²) in [6, 6.07) is 14.5. The van der Waals surface area contributed by atoms with Crippen LogP contribution in [-0.4, -0.2) is 0 Å². The summed E-state index contributed by atoms with van der Waals surface area (Å²) in [6.07, 6.45) is 2.09. The highest BCUT2D eigenvalue weighted by Gasteiger charge is 2.05. The Labute approximate surface area is 120 Å². The van der Waals surface area contributed by atoms with Crippen molar-refractivity contribution < 1.29 is 0 Å². The lowest BCUT2D eigenvalue weighted by Crippen LogP contribution is -2.05. The van der Waals surface area contributed by atoms with E-state index < -0.39 is 0 Å². The van der Waals surface area contributed by atoms with Crippen LogP contribution in [0.1, 0.15) is 30.5 Å². The van der Waals surface area contributed by atoms with Crippen molar-refractivity contribution in [1.82, 2.24) is 0 Å². The van der Waals surface area contributed by atoms with Crippen LogP contribution in [0.15, 0.2) is 42.5 Å². The van der Waals surface area contributed by atoms with Gasteiger partial charge in [0.15, 0.2) is 0 Å². The molecule has 0 amide bonds. The lowest BCUT2D eigenvalue weighted by atomic mass is 10.0. The molecule has 2 aromatic carbocycles. The van der Waals surface area contributed by atoms with Gasteiger partial charge in [-0.3, -0.25) is 0 Å². The van der Waals surface area contributed by atoms with Gasteiger partial charge < -0.3 is 5.32 Å². The van der Waals surface area contributed by atoms with Crippen LogP contribution in [0.5, 0.6) is 0 Å². The van der Waals surface area contributed by atoms with Crippen LogP contribution in [0.4, 0.5) is 5.69 Å². The molecular formula is C17H20ClN. The second-order valence-electron chi connectivity index (χ2n) is 4.64. The molecule has 0 unspecified atom stereocenters. The first-order valence-electron chi connectivity index (χ1n) is 6.83. The molecule has 0 saturated carbocycles. The zero-order valence-corrected chi connectivity index (χ0v) is 12.3. The van der Waals surface area contributed by atoms with E-state index in [1.807, 2.05) is 18.2 Å². The average molecular weight is 274 g/mol. The number of hydrogen-bond acceptors (Lipinski definition) is 1. The van der Waals surface area contributed by atoms with Crippen LogP contribution < -0.4 is 5.32 Å². The monoisotopic (exact) mass is 273 g/mol. The lowest BCUT2D eigenvalue weighted by Gasteiger charge is -2.15. The van der Waals surface area contributed by atoms with Gasteiger partial charge in [-0.2, -0.15) is 0 Å². The third-order valence-corrected chi connectivity index (χ3v) is 3.59. The highest BCUT2D eigenvalue weighted by atomic mass is 35.5. The van der Waals surface area contributed by atoms with Gasteiger partial charge in [0.1, 0.15) is 0 Å². The number of para-hydroxylation sites is 1. The van der Waals surface area contributed by atoms with E-state index in [1.54, 1.807) is 0 Å². The summed E-state index contributed by atoms with van der Waals surface area (Å²) in [4.78, 5) is 0. The highest BCUT2D eigenvalue weighted by molar-refractivity contribution is 6.30. The Morgan fingerprint density at radius 2 is 1.58 bits per heavy atom. The van der Waals surface area contributed by atoms with Crippen molar-refractivity contribution in [3.63, 3.8) is 0 Å². The van der Waals surface area contributed by atoms with Gasteiger partial charge in [-0.1, -0.05) is 55.8 Å². The van der Waals surface area contributed by atoms with Crippen LogP contribution >= 0.6 is 11.6 Å². The molecule has 0 aromatic heterocycles. The maximum atomic E-state index is 6.02. The topological polar surface area (TPSA) is 12.0 Å². The number of nitrogens with one attached hydrogen (secondary N) is 1. The molecule has 0 aliphatic carbocycles. The predicted molar refractivity (Wildman–Crippen MR) is 84.0 cm³/mol. The van der Waals surface area contributed by atoms with Crippen LogP contribution in [-0.2, 0) is 19.4 Å². The second kappa shape index (κ2) is 6.63. The summed E-state index contributed by atoms with van der Waals surface area (Å²) >= 11 is 6.02. The van der Waals surface area contributed by atoms with E-state index >= 15 is 0 Å². The van der Waals surface area contributed by atoms with Crippen molar-refractivity contribution in [3.8, 4) is 0 Å². The van der Waals surface area contributed by atoms with Gasteiger partial charge in [-0.25, -0.2) is 0 Å². The van der Waals surface area contributed by atoms with Crippen molar-refractivity contribution in [1.29, 1.82) is 0 Å². The van der Waals surface area contributed by atoms with E-state index in [4.69, 9.17) is 11.6 Å². The van der Waals surface area contributed by atoms with Crippen LogP contribution in [0.2, 0.25) is 5.02 Å². The quantitative estimate of drug-likeness (QED) is 0.801. The summed E-state index contributed by atoms with van der Waals surface area (Å²) in [5, 5.41) is 4.36. The van der Waals surface area contributed by atoms with Crippen LogP contribution in [0.25, 0.3) is 0 Å². The second-order valence-corrected chi connectivity index (χ2v) is 5.08. The first kappa shape index (κ1) is 14.0. The molecule has 0 aliphatic heterocycles. The molecule has 100 valence electrons. The van der Waals surface area contributed by atoms with E-state index in [0.29, 0.717) is 0 Å². The maximum Gasteiger partial charge on any atom is 0.0409 e. The predicted octanol–water partition coefficient (Wildman–Crippen LogP) is 5.08. The standard InChI is InChI=1S/C17H20ClN/c1-3-14-8-6-9-15(4-2)17(14)19-12-13-7-5-10-16(18)11-13/h5-11,19H,3-4,12H2,1-2H3. The van der Waals surface area contributed by atoms with Gasteiger partial charge >= 0.3 is 0 Å².